The Morgan fingerprint density at radius 2 is 2.08 bits per heavy atom. The zero-order valence-corrected chi connectivity index (χ0v) is 14.4. The predicted molar refractivity (Wildman–Crippen MR) is 92.6 cm³/mol. The molecule has 0 aliphatic carbocycles. The summed E-state index contributed by atoms with van der Waals surface area (Å²) in [7, 11) is 0. The number of aliphatic hydroxyl groups is 1. The van der Waals surface area contributed by atoms with Crippen LogP contribution in [0.15, 0.2) is 23.6 Å². The molecule has 1 aromatic carbocycles. The second-order valence-corrected chi connectivity index (χ2v) is 6.82. The van der Waals surface area contributed by atoms with Crippen molar-refractivity contribution in [1.29, 1.82) is 0 Å². The number of carbonyl (C=O) groups is 1. The van der Waals surface area contributed by atoms with Crippen molar-refractivity contribution in [1.82, 2.24) is 4.98 Å². The Labute approximate surface area is 144 Å². The van der Waals surface area contributed by atoms with Gasteiger partial charge in [-0.1, -0.05) is 13.8 Å². The third-order valence-electron chi connectivity index (χ3n) is 3.75. The first-order valence-corrected chi connectivity index (χ1v) is 8.74. The standard InChI is InChI=1S/C17H20N2O4S/c1-10(2)13(20)8-16(21)19-17-18-12(9-24-17)11-3-4-14-15(7-11)23-6-5-22-14/h3-4,7,9-10,13,20H,5-6,8H2,1-2H3,(H,18,19,21)/t13-/m0/s1. The number of ether oxygens (including phenoxy) is 2. The first-order chi connectivity index (χ1) is 11.5. The maximum absolute atomic E-state index is 11.9. The minimum absolute atomic E-state index is 0.0420. The number of aromatic nitrogens is 1. The summed E-state index contributed by atoms with van der Waals surface area (Å²) in [6, 6.07) is 5.66. The molecule has 1 atom stereocenters. The summed E-state index contributed by atoms with van der Waals surface area (Å²) in [5.74, 6) is 1.24. The highest BCUT2D eigenvalue weighted by Crippen LogP contribution is 2.35. The summed E-state index contributed by atoms with van der Waals surface area (Å²) < 4.78 is 11.1. The third kappa shape index (κ3) is 3.85. The molecular formula is C17H20N2O4S. The number of hydrogen-bond acceptors (Lipinski definition) is 6. The van der Waals surface area contributed by atoms with E-state index < -0.39 is 6.10 Å². The Hall–Kier alpha value is -2.12. The number of aliphatic hydroxyl groups excluding tert-OH is 1. The van der Waals surface area contributed by atoms with Gasteiger partial charge in [-0.3, -0.25) is 4.79 Å². The monoisotopic (exact) mass is 348 g/mol. The van der Waals surface area contributed by atoms with Crippen LogP contribution in [0.5, 0.6) is 11.5 Å². The highest BCUT2D eigenvalue weighted by molar-refractivity contribution is 7.14. The molecule has 0 unspecified atom stereocenters. The summed E-state index contributed by atoms with van der Waals surface area (Å²) in [5.41, 5.74) is 1.66. The molecule has 2 heterocycles. The fourth-order valence-electron chi connectivity index (χ4n) is 2.26. The summed E-state index contributed by atoms with van der Waals surface area (Å²) in [5, 5.41) is 14.9. The van der Waals surface area contributed by atoms with Gasteiger partial charge >= 0.3 is 0 Å². The predicted octanol–water partition coefficient (Wildman–Crippen LogP) is 2.93. The molecule has 1 amide bonds. The zero-order chi connectivity index (χ0) is 17.1. The lowest BCUT2D eigenvalue weighted by atomic mass is 10.0. The van der Waals surface area contributed by atoms with Gasteiger partial charge in [-0.05, 0) is 24.1 Å². The van der Waals surface area contributed by atoms with Crippen molar-refractivity contribution in [3.63, 3.8) is 0 Å². The number of amides is 1. The van der Waals surface area contributed by atoms with Crippen molar-refractivity contribution in [3.8, 4) is 22.8 Å². The van der Waals surface area contributed by atoms with Crippen LogP contribution in [0.1, 0.15) is 20.3 Å². The van der Waals surface area contributed by atoms with E-state index in [4.69, 9.17) is 9.47 Å². The molecule has 1 aliphatic rings. The molecule has 0 fully saturated rings. The van der Waals surface area contributed by atoms with E-state index in [0.29, 0.717) is 24.1 Å². The van der Waals surface area contributed by atoms with E-state index in [-0.39, 0.29) is 18.2 Å². The number of fused-ring (bicyclic) bond motifs is 1. The zero-order valence-electron chi connectivity index (χ0n) is 13.6. The molecule has 7 heteroatoms. The number of nitrogens with one attached hydrogen (secondary N) is 1. The number of rotatable bonds is 5. The van der Waals surface area contributed by atoms with Crippen molar-refractivity contribution in [3.05, 3.63) is 23.6 Å². The van der Waals surface area contributed by atoms with Crippen molar-refractivity contribution in [2.75, 3.05) is 18.5 Å². The van der Waals surface area contributed by atoms with Gasteiger partial charge in [0.25, 0.3) is 0 Å². The average Bonchev–Trinajstić information content (AvgIpc) is 3.02. The average molecular weight is 348 g/mol. The number of hydrogen-bond donors (Lipinski definition) is 2. The van der Waals surface area contributed by atoms with Gasteiger partial charge in [-0.15, -0.1) is 11.3 Å². The molecule has 2 aromatic rings. The van der Waals surface area contributed by atoms with Crippen LogP contribution < -0.4 is 14.8 Å². The van der Waals surface area contributed by atoms with Gasteiger partial charge in [0.1, 0.15) is 13.2 Å². The number of thiazole rings is 1. The van der Waals surface area contributed by atoms with E-state index in [1.165, 1.54) is 11.3 Å². The molecule has 24 heavy (non-hydrogen) atoms. The summed E-state index contributed by atoms with van der Waals surface area (Å²) in [4.78, 5) is 16.4. The van der Waals surface area contributed by atoms with Crippen molar-refractivity contribution in [2.45, 2.75) is 26.4 Å². The number of carbonyl (C=O) groups excluding carboxylic acids is 1. The van der Waals surface area contributed by atoms with E-state index in [0.717, 1.165) is 17.0 Å². The van der Waals surface area contributed by atoms with E-state index in [9.17, 15) is 9.90 Å². The van der Waals surface area contributed by atoms with Crippen molar-refractivity contribution in [2.24, 2.45) is 5.92 Å². The van der Waals surface area contributed by atoms with Crippen molar-refractivity contribution < 1.29 is 19.4 Å². The Kier molecular flexibility index (Phi) is 5.01. The Morgan fingerprint density at radius 1 is 1.33 bits per heavy atom. The fourth-order valence-corrected chi connectivity index (χ4v) is 3.00. The quantitative estimate of drug-likeness (QED) is 0.868. The Bertz CT molecular complexity index is 729. The maximum atomic E-state index is 11.9. The van der Waals surface area contributed by atoms with Crippen LogP contribution in [-0.4, -0.2) is 35.3 Å². The molecule has 1 aromatic heterocycles. The number of nitrogens with zero attached hydrogens (tertiary/aromatic N) is 1. The SMILES string of the molecule is CC(C)[C@@H](O)CC(=O)Nc1nc(-c2ccc3c(c2)OCCO3)cs1. The molecule has 0 saturated heterocycles. The molecule has 0 radical (unpaired) electrons. The van der Waals surface area contributed by atoms with Crippen molar-refractivity contribution >= 4 is 22.4 Å². The lowest BCUT2D eigenvalue weighted by molar-refractivity contribution is -0.118. The van der Waals surface area contributed by atoms with Crippen LogP contribution in [0.25, 0.3) is 11.3 Å². The highest BCUT2D eigenvalue weighted by atomic mass is 32.1. The second kappa shape index (κ2) is 7.19. The molecule has 0 bridgehead atoms. The molecule has 6 nitrogen and oxygen atoms in total. The lowest BCUT2D eigenvalue weighted by Crippen LogP contribution is -2.23. The van der Waals surface area contributed by atoms with Gasteiger partial charge < -0.3 is 19.9 Å². The van der Waals surface area contributed by atoms with Crippen LogP contribution >= 0.6 is 11.3 Å². The van der Waals surface area contributed by atoms with Crippen LogP contribution in [-0.2, 0) is 4.79 Å². The van der Waals surface area contributed by atoms with Crippen LogP contribution in [0.4, 0.5) is 5.13 Å². The van der Waals surface area contributed by atoms with Gasteiger partial charge in [0.15, 0.2) is 16.6 Å². The van der Waals surface area contributed by atoms with Gasteiger partial charge in [0.05, 0.1) is 18.2 Å². The topological polar surface area (TPSA) is 80.7 Å². The minimum Gasteiger partial charge on any atom is -0.486 e. The Morgan fingerprint density at radius 3 is 2.83 bits per heavy atom. The number of benzene rings is 1. The fraction of sp³-hybridized carbons (Fsp3) is 0.412. The minimum atomic E-state index is -0.651. The molecule has 2 N–H and O–H groups in total. The summed E-state index contributed by atoms with van der Waals surface area (Å²) >= 11 is 1.35. The van der Waals surface area contributed by atoms with E-state index in [2.05, 4.69) is 10.3 Å². The van der Waals surface area contributed by atoms with Gasteiger partial charge in [-0.25, -0.2) is 4.98 Å². The largest absolute Gasteiger partial charge is 0.486 e. The van der Waals surface area contributed by atoms with Gasteiger partial charge in [0.2, 0.25) is 5.91 Å². The second-order valence-electron chi connectivity index (χ2n) is 5.96. The molecule has 0 spiro atoms. The normalized spacial score (nSPS) is 14.5. The first-order valence-electron chi connectivity index (χ1n) is 7.86. The van der Waals surface area contributed by atoms with E-state index in [1.807, 2.05) is 37.4 Å². The van der Waals surface area contributed by atoms with Crippen LogP contribution in [0.2, 0.25) is 0 Å². The van der Waals surface area contributed by atoms with Crippen LogP contribution in [0, 0.1) is 5.92 Å². The lowest BCUT2D eigenvalue weighted by Gasteiger charge is -2.18. The van der Waals surface area contributed by atoms with E-state index in [1.54, 1.807) is 0 Å². The third-order valence-corrected chi connectivity index (χ3v) is 4.51. The molecule has 0 saturated carbocycles. The van der Waals surface area contributed by atoms with Gasteiger partial charge in [0, 0.05) is 10.9 Å². The van der Waals surface area contributed by atoms with Crippen LogP contribution in [0.3, 0.4) is 0 Å². The Balaban J connectivity index is 1.68. The first kappa shape index (κ1) is 16.7. The highest BCUT2D eigenvalue weighted by Gasteiger charge is 2.17. The molecule has 128 valence electrons. The van der Waals surface area contributed by atoms with E-state index >= 15 is 0 Å². The summed E-state index contributed by atoms with van der Waals surface area (Å²) in [6.07, 6.45) is -0.585. The molecular weight excluding hydrogens is 328 g/mol. The van der Waals surface area contributed by atoms with Gasteiger partial charge in [-0.2, -0.15) is 0 Å². The molecule has 1 aliphatic heterocycles. The smallest absolute Gasteiger partial charge is 0.228 e. The maximum Gasteiger partial charge on any atom is 0.228 e. The summed E-state index contributed by atoms with van der Waals surface area (Å²) in [6.45, 7) is 4.84. The number of anilines is 1. The molecule has 3 rings (SSSR count).